The van der Waals surface area contributed by atoms with E-state index >= 15 is 0 Å². The highest BCUT2D eigenvalue weighted by Gasteiger charge is 2.32. The molecule has 6 atom stereocenters. The van der Waals surface area contributed by atoms with Crippen LogP contribution in [0.25, 0.3) is 0 Å². The van der Waals surface area contributed by atoms with Crippen LogP contribution in [0.2, 0.25) is 0 Å². The molecule has 0 radical (unpaired) electrons. The lowest BCUT2D eigenvalue weighted by atomic mass is 9.91. The summed E-state index contributed by atoms with van der Waals surface area (Å²) >= 11 is 0. The summed E-state index contributed by atoms with van der Waals surface area (Å²) in [5.74, 6) is -12.7. The molecule has 0 unspecified atom stereocenters. The van der Waals surface area contributed by atoms with Gasteiger partial charge in [-0.3, -0.25) is 67.5 Å². The van der Waals surface area contributed by atoms with Gasteiger partial charge in [0.25, 0.3) is 0 Å². The van der Waals surface area contributed by atoms with Crippen molar-refractivity contribution in [1.82, 2.24) is 46.2 Å². The van der Waals surface area contributed by atoms with E-state index in [0.29, 0.717) is 57.1 Å². The van der Waals surface area contributed by atoms with E-state index in [-0.39, 0.29) is 116 Å². The average molecular weight is 1310 g/mol. The summed E-state index contributed by atoms with van der Waals surface area (Å²) in [6.07, 6.45) is 7.80. The van der Waals surface area contributed by atoms with E-state index in [4.69, 9.17) is 10.2 Å². The van der Waals surface area contributed by atoms with Gasteiger partial charge >= 0.3 is 53.8 Å². The third-order valence-electron chi connectivity index (χ3n) is 15.1. The first-order valence-electron chi connectivity index (χ1n) is 31.2. The number of rotatable bonds is 44. The van der Waals surface area contributed by atoms with Crippen molar-refractivity contribution in [3.63, 3.8) is 0 Å². The molecule has 31 heteroatoms. The Labute approximate surface area is 535 Å². The Balaban J connectivity index is 0.00000115. The molecule has 1 saturated heterocycles. The van der Waals surface area contributed by atoms with Gasteiger partial charge in [-0.2, -0.15) is 0 Å². The largest absolute Gasteiger partial charge is 0.481 e. The van der Waals surface area contributed by atoms with Crippen molar-refractivity contribution in [1.29, 1.82) is 0 Å². The van der Waals surface area contributed by atoms with Crippen LogP contribution in [0.5, 0.6) is 0 Å². The zero-order chi connectivity index (χ0) is 69.1. The summed E-state index contributed by atoms with van der Waals surface area (Å²) in [6.45, 7) is 4.86. The van der Waals surface area contributed by atoms with Crippen LogP contribution in [-0.2, 0) is 68.7 Å². The molecule has 31 nitrogen and oxygen atoms in total. The number of nitrogens with zero attached hydrogens (tertiary/aromatic N) is 4. The van der Waals surface area contributed by atoms with Crippen LogP contribution in [-0.4, -0.2) is 252 Å². The normalized spacial score (nSPS) is 15.5. The number of hydrogen-bond donors (Lipinski definition) is 13. The van der Waals surface area contributed by atoms with Gasteiger partial charge < -0.3 is 67.4 Å². The molecule has 13 N–H and O–H groups in total. The van der Waals surface area contributed by atoms with E-state index in [1.807, 2.05) is 0 Å². The predicted octanol–water partition coefficient (Wildman–Crippen LogP) is 1.83. The molecular weight excluding hydrogens is 1210 g/mol. The second kappa shape index (κ2) is 46.8. The van der Waals surface area contributed by atoms with Crippen LogP contribution in [0.1, 0.15) is 148 Å². The first-order chi connectivity index (χ1) is 43.5. The van der Waals surface area contributed by atoms with Crippen molar-refractivity contribution in [2.24, 2.45) is 5.92 Å². The number of ketones is 2. The van der Waals surface area contributed by atoms with Gasteiger partial charge in [-0.05, 0) is 70.3 Å². The first kappa shape index (κ1) is 81.9. The SMILES string of the molecule is CC(=O)NCCCC[C@@H](NC(=O)[C@H](CC(=O)[C@@H](C)NC(=O)CC[C@@H](C(=O)O)N1CCN(CC(=O)O)CCN(CC(=O)O)CCN(CC(=O)O)CC1)Cc1ccccc1)C(=O)O.CCCCCCCC(=O)CCCCC[C@H](NC(=O)N[C@@H](CCC(=O)O)C(=O)O)C(=O)O. The first-order valence-corrected chi connectivity index (χ1v) is 31.2. The summed E-state index contributed by atoms with van der Waals surface area (Å²) in [5.41, 5.74) is 0.716. The maximum Gasteiger partial charge on any atom is 0.326 e. The summed E-state index contributed by atoms with van der Waals surface area (Å²) in [5, 5.41) is 87.5. The number of Topliss-reactive ketones (excluding diaryl/α,β-unsaturated/α-hetero) is 2. The maximum atomic E-state index is 13.5. The number of carbonyl (C=O) groups excluding carboxylic acids is 6. The van der Waals surface area contributed by atoms with Crippen LogP contribution in [0.3, 0.4) is 0 Å². The Morgan fingerprint density at radius 3 is 1.39 bits per heavy atom. The molecule has 1 heterocycles. The molecule has 0 spiro atoms. The maximum absolute atomic E-state index is 13.5. The fourth-order valence-electron chi connectivity index (χ4n) is 9.94. The van der Waals surface area contributed by atoms with E-state index in [1.54, 1.807) is 45.0 Å². The highest BCUT2D eigenvalue weighted by Crippen LogP contribution is 2.18. The number of hydrogen-bond acceptors (Lipinski definition) is 18. The van der Waals surface area contributed by atoms with Crippen LogP contribution in [0.15, 0.2) is 30.3 Å². The number of nitrogens with one attached hydrogen (secondary N) is 5. The van der Waals surface area contributed by atoms with Crippen LogP contribution in [0.4, 0.5) is 4.79 Å². The molecule has 1 fully saturated rings. The molecule has 1 aromatic rings. The Hall–Kier alpha value is -8.16. The zero-order valence-electron chi connectivity index (χ0n) is 53.1. The van der Waals surface area contributed by atoms with Gasteiger partial charge in [0.15, 0.2) is 5.78 Å². The van der Waals surface area contributed by atoms with E-state index in [1.165, 1.54) is 25.2 Å². The van der Waals surface area contributed by atoms with Gasteiger partial charge in [0.05, 0.1) is 25.7 Å². The fraction of sp³-hybridized carbons (Fsp3) is 0.672. The van der Waals surface area contributed by atoms with E-state index < -0.39 is 127 Å². The predicted molar refractivity (Wildman–Crippen MR) is 330 cm³/mol. The number of carbonyl (C=O) groups is 14. The molecular formula is C61H97N9O22. The Bertz CT molecular complexity index is 2510. The van der Waals surface area contributed by atoms with Gasteiger partial charge in [0.1, 0.15) is 30.0 Å². The van der Waals surface area contributed by atoms with Gasteiger partial charge in [-0.25, -0.2) is 19.2 Å². The van der Waals surface area contributed by atoms with E-state index in [9.17, 15) is 97.8 Å². The minimum atomic E-state index is -1.43. The number of unbranched alkanes of at least 4 members (excludes halogenated alkanes) is 7. The fourth-order valence-corrected chi connectivity index (χ4v) is 9.94. The molecule has 0 bridgehead atoms. The lowest BCUT2D eigenvalue weighted by Gasteiger charge is -2.35. The number of carboxylic acids is 8. The number of urea groups is 1. The monoisotopic (exact) mass is 1310 g/mol. The second-order valence-corrected chi connectivity index (χ2v) is 22.8. The summed E-state index contributed by atoms with van der Waals surface area (Å²) in [4.78, 5) is 174. The van der Waals surface area contributed by atoms with Crippen LogP contribution < -0.4 is 26.6 Å². The second-order valence-electron chi connectivity index (χ2n) is 22.8. The Kier molecular flexibility index (Phi) is 41.7. The lowest BCUT2D eigenvalue weighted by Crippen LogP contribution is -2.52. The smallest absolute Gasteiger partial charge is 0.326 e. The molecule has 1 aliphatic heterocycles. The molecule has 0 aliphatic carbocycles. The minimum absolute atomic E-state index is 0.0191. The number of amides is 5. The van der Waals surface area contributed by atoms with E-state index in [0.717, 1.165) is 25.7 Å². The number of benzene rings is 1. The molecule has 1 aromatic carbocycles. The van der Waals surface area contributed by atoms with Gasteiger partial charge in [-0.15, -0.1) is 0 Å². The van der Waals surface area contributed by atoms with Crippen LogP contribution >= 0.6 is 0 Å². The van der Waals surface area contributed by atoms with Crippen molar-refractivity contribution in [3.05, 3.63) is 35.9 Å². The van der Waals surface area contributed by atoms with Gasteiger partial charge in [-0.1, -0.05) is 75.8 Å². The molecule has 5 amide bonds. The number of aliphatic carboxylic acids is 8. The standard InChI is InChI=1S/C40H61N7O14.C21H36N2O8/c1-27(33(49)23-30(22-29-8-4-3-5-9-29)38(57)43-31(39(58)59)10-6-7-13-41-28(2)48)42-34(50)12-11-32(40(60)61)47-20-18-45(25-36(53)54)16-14-44(24-35(51)52)15-17-46(19-21-47)26-37(55)56;1-2-3-4-5-7-10-15(24)11-8-6-9-12-16(19(27)28)22-21(31)23-17(20(29)30)13-14-18(25)26/h3-5,8-9,27,30-32H,6-7,10-26H2,1-2H3,(H,41,48)(H,42,50)(H,43,57)(H,51,52)(H,53,54)(H,55,56)(H,58,59)(H,60,61);16-17H,2-14H2,1H3,(H,25,26)(H,27,28)(H,29,30)(H2,22,23,31)/t27-,30+,31-,32+;16-,17-/m10/s1. The third kappa shape index (κ3) is 39.2. The van der Waals surface area contributed by atoms with Gasteiger partial charge in [0, 0.05) is 104 Å². The summed E-state index contributed by atoms with van der Waals surface area (Å²) in [6, 6.07) is 1.55. The van der Waals surface area contributed by atoms with Gasteiger partial charge in [0.2, 0.25) is 17.7 Å². The highest BCUT2D eigenvalue weighted by atomic mass is 16.4. The minimum Gasteiger partial charge on any atom is -0.481 e. The summed E-state index contributed by atoms with van der Waals surface area (Å²) < 4.78 is 0. The Morgan fingerprint density at radius 1 is 0.478 bits per heavy atom. The van der Waals surface area contributed by atoms with Crippen molar-refractivity contribution in [2.45, 2.75) is 179 Å². The zero-order valence-corrected chi connectivity index (χ0v) is 53.1. The Morgan fingerprint density at radius 2 is 0.935 bits per heavy atom. The summed E-state index contributed by atoms with van der Waals surface area (Å²) in [7, 11) is 0. The van der Waals surface area contributed by atoms with Crippen molar-refractivity contribution < 1.29 is 108 Å². The molecule has 0 aromatic heterocycles. The van der Waals surface area contributed by atoms with Crippen molar-refractivity contribution in [2.75, 3.05) is 78.5 Å². The third-order valence-corrected chi connectivity index (χ3v) is 15.1. The lowest BCUT2D eigenvalue weighted by molar-refractivity contribution is -0.145. The average Bonchev–Trinajstić information content (AvgIpc) is 1.12. The van der Waals surface area contributed by atoms with Crippen molar-refractivity contribution in [3.8, 4) is 0 Å². The van der Waals surface area contributed by atoms with Crippen molar-refractivity contribution >= 4 is 83.1 Å². The quantitative estimate of drug-likeness (QED) is 0.0415. The molecule has 518 valence electrons. The van der Waals surface area contributed by atoms with E-state index in [2.05, 4.69) is 33.5 Å². The number of carboxylic acid groups (broad SMARTS) is 8. The molecule has 2 rings (SSSR count). The molecule has 92 heavy (non-hydrogen) atoms. The highest BCUT2D eigenvalue weighted by molar-refractivity contribution is 5.93. The van der Waals surface area contributed by atoms with Crippen LogP contribution in [0, 0.1) is 5.92 Å². The molecule has 1 aliphatic rings. The topological polar surface area (TPSA) is 474 Å². The molecule has 0 saturated carbocycles.